The van der Waals surface area contributed by atoms with Crippen molar-refractivity contribution >= 4 is 43.3 Å². The third-order valence-corrected chi connectivity index (χ3v) is 6.99. The van der Waals surface area contributed by atoms with E-state index in [0.717, 1.165) is 15.1 Å². The highest BCUT2D eigenvalue weighted by atomic mass is 79.9. The molecule has 2 rings (SSSR count). The van der Waals surface area contributed by atoms with E-state index in [9.17, 15) is 13.2 Å². The summed E-state index contributed by atoms with van der Waals surface area (Å²) in [6.45, 7) is 5.67. The summed E-state index contributed by atoms with van der Waals surface area (Å²) in [6, 6.07) is 2.51. The number of sulfonamides is 1. The number of carbonyl (C=O) groups excluding carboxylic acids is 1. The normalized spacial score (nSPS) is 20.7. The molecule has 21 heavy (non-hydrogen) atoms. The summed E-state index contributed by atoms with van der Waals surface area (Å²) >= 11 is 4.40. The van der Waals surface area contributed by atoms with Crippen LogP contribution in [0.15, 0.2) is 20.1 Å². The quantitative estimate of drug-likeness (QED) is 0.737. The second-order valence-electron chi connectivity index (χ2n) is 5.87. The van der Waals surface area contributed by atoms with Gasteiger partial charge in [0.1, 0.15) is 15.9 Å². The van der Waals surface area contributed by atoms with Crippen molar-refractivity contribution in [3.63, 3.8) is 0 Å². The molecule has 0 amide bonds. The Morgan fingerprint density at radius 3 is 2.62 bits per heavy atom. The molecule has 0 bridgehead atoms. The van der Waals surface area contributed by atoms with Gasteiger partial charge >= 0.3 is 5.97 Å². The molecule has 2 heterocycles. The van der Waals surface area contributed by atoms with Crippen LogP contribution in [0.1, 0.15) is 33.6 Å². The Balaban J connectivity index is 2.24. The lowest BCUT2D eigenvalue weighted by Gasteiger charge is -2.26. The molecule has 1 aliphatic rings. The molecule has 1 aliphatic heterocycles. The van der Waals surface area contributed by atoms with Gasteiger partial charge in [-0.2, -0.15) is 4.31 Å². The molecule has 1 aromatic rings. The number of thiophene rings is 1. The maximum absolute atomic E-state index is 12.6. The van der Waals surface area contributed by atoms with Gasteiger partial charge in [0, 0.05) is 6.54 Å². The summed E-state index contributed by atoms with van der Waals surface area (Å²) in [4.78, 5) is 12.2. The molecular weight excluding hydrogens is 378 g/mol. The Hall–Kier alpha value is -0.440. The van der Waals surface area contributed by atoms with E-state index in [1.807, 2.05) is 0 Å². The highest BCUT2D eigenvalue weighted by molar-refractivity contribution is 9.11. The second kappa shape index (κ2) is 5.98. The summed E-state index contributed by atoms with van der Waals surface area (Å²) in [5.41, 5.74) is -0.624. The number of hydrogen-bond acceptors (Lipinski definition) is 5. The average molecular weight is 396 g/mol. The molecule has 0 saturated carbocycles. The molecule has 0 aromatic carbocycles. The van der Waals surface area contributed by atoms with Crippen LogP contribution in [0.25, 0.3) is 0 Å². The van der Waals surface area contributed by atoms with Gasteiger partial charge < -0.3 is 4.74 Å². The van der Waals surface area contributed by atoms with Gasteiger partial charge in [-0.25, -0.2) is 8.42 Å². The monoisotopic (exact) mass is 395 g/mol. The molecule has 1 aromatic heterocycles. The van der Waals surface area contributed by atoms with E-state index in [0.29, 0.717) is 19.4 Å². The van der Waals surface area contributed by atoms with Crippen molar-refractivity contribution in [3.8, 4) is 0 Å². The first kappa shape index (κ1) is 16.9. The highest BCUT2D eigenvalue weighted by Crippen LogP contribution is 2.33. The van der Waals surface area contributed by atoms with Crippen molar-refractivity contribution in [2.75, 3.05) is 6.54 Å². The van der Waals surface area contributed by atoms with Gasteiger partial charge in [-0.15, -0.1) is 11.3 Å². The molecule has 0 radical (unpaired) electrons. The minimum absolute atomic E-state index is 0.241. The first-order chi connectivity index (χ1) is 9.61. The summed E-state index contributed by atoms with van der Waals surface area (Å²) in [5, 5.41) is 0. The predicted octanol–water partition coefficient (Wildman–Crippen LogP) is 3.01. The zero-order chi connectivity index (χ0) is 15.8. The number of ether oxygens (including phenoxy) is 1. The van der Waals surface area contributed by atoms with Crippen molar-refractivity contribution in [1.29, 1.82) is 0 Å². The first-order valence-corrected chi connectivity index (χ1v) is 9.66. The Morgan fingerprint density at radius 2 is 2.10 bits per heavy atom. The van der Waals surface area contributed by atoms with Crippen LogP contribution in [-0.2, 0) is 19.6 Å². The van der Waals surface area contributed by atoms with Crippen molar-refractivity contribution < 1.29 is 17.9 Å². The summed E-state index contributed by atoms with van der Waals surface area (Å²) in [5.74, 6) is -0.473. The lowest BCUT2D eigenvalue weighted by molar-refractivity contribution is -0.158. The molecule has 0 N–H and O–H groups in total. The van der Waals surface area contributed by atoms with Gasteiger partial charge in [-0.1, -0.05) is 0 Å². The molecule has 0 aliphatic carbocycles. The Labute approximate surface area is 137 Å². The number of halogens is 1. The van der Waals surface area contributed by atoms with Crippen LogP contribution in [0.4, 0.5) is 0 Å². The van der Waals surface area contributed by atoms with E-state index >= 15 is 0 Å². The van der Waals surface area contributed by atoms with E-state index < -0.39 is 27.6 Å². The number of esters is 1. The van der Waals surface area contributed by atoms with Crippen molar-refractivity contribution in [2.24, 2.45) is 0 Å². The molecule has 118 valence electrons. The third-order valence-electron chi connectivity index (χ3n) is 2.99. The van der Waals surface area contributed by atoms with Crippen LogP contribution in [0, 0.1) is 0 Å². The molecule has 0 spiro atoms. The highest BCUT2D eigenvalue weighted by Gasteiger charge is 2.41. The summed E-state index contributed by atoms with van der Waals surface area (Å²) in [6.07, 6.45) is 1.16. The van der Waals surface area contributed by atoms with Gasteiger partial charge in [-0.05, 0) is 61.7 Å². The standard InChI is InChI=1S/C13H18BrNO4S2/c1-13(2,3)19-12(16)9-5-4-8-15(9)21(17,18)11-7-6-10(14)20-11/h6-7,9H,4-5,8H2,1-3H3/t9-/m0/s1. The molecular formula is C13H18BrNO4S2. The minimum atomic E-state index is -3.65. The Bertz CT molecular complexity index is 633. The number of rotatable bonds is 3. The maximum atomic E-state index is 12.6. The fourth-order valence-electron chi connectivity index (χ4n) is 2.19. The van der Waals surface area contributed by atoms with Crippen LogP contribution in [0.3, 0.4) is 0 Å². The van der Waals surface area contributed by atoms with Gasteiger partial charge in [0.25, 0.3) is 10.0 Å². The van der Waals surface area contributed by atoms with E-state index in [1.165, 1.54) is 4.31 Å². The Morgan fingerprint density at radius 1 is 1.43 bits per heavy atom. The molecule has 8 heteroatoms. The smallest absolute Gasteiger partial charge is 0.324 e. The maximum Gasteiger partial charge on any atom is 0.324 e. The number of nitrogens with zero attached hydrogens (tertiary/aromatic N) is 1. The summed E-state index contributed by atoms with van der Waals surface area (Å²) in [7, 11) is -3.65. The van der Waals surface area contributed by atoms with E-state index in [-0.39, 0.29) is 4.21 Å². The van der Waals surface area contributed by atoms with Crippen LogP contribution in [0.2, 0.25) is 0 Å². The molecule has 0 unspecified atom stereocenters. The van der Waals surface area contributed by atoms with Crippen LogP contribution in [-0.4, -0.2) is 36.9 Å². The Kier molecular flexibility index (Phi) is 4.82. The van der Waals surface area contributed by atoms with Crippen molar-refractivity contribution in [2.45, 2.75) is 49.5 Å². The van der Waals surface area contributed by atoms with Crippen molar-refractivity contribution in [3.05, 3.63) is 15.9 Å². The topological polar surface area (TPSA) is 63.7 Å². The van der Waals surface area contributed by atoms with Gasteiger partial charge in [0.05, 0.1) is 3.79 Å². The lowest BCUT2D eigenvalue weighted by atomic mass is 10.2. The molecule has 1 saturated heterocycles. The molecule has 5 nitrogen and oxygen atoms in total. The second-order valence-corrected chi connectivity index (χ2v) is 10.4. The van der Waals surface area contributed by atoms with Crippen molar-refractivity contribution in [1.82, 2.24) is 4.31 Å². The van der Waals surface area contributed by atoms with E-state index in [1.54, 1.807) is 32.9 Å². The summed E-state index contributed by atoms with van der Waals surface area (Å²) < 4.78 is 32.9. The van der Waals surface area contributed by atoms with Crippen LogP contribution in [0.5, 0.6) is 0 Å². The zero-order valence-electron chi connectivity index (χ0n) is 12.1. The zero-order valence-corrected chi connectivity index (χ0v) is 15.3. The van der Waals surface area contributed by atoms with Crippen LogP contribution >= 0.6 is 27.3 Å². The minimum Gasteiger partial charge on any atom is -0.459 e. The molecule has 1 atom stereocenters. The van der Waals surface area contributed by atoms with Gasteiger partial charge in [0.15, 0.2) is 0 Å². The fourth-order valence-corrected chi connectivity index (χ4v) is 5.97. The van der Waals surface area contributed by atoms with Crippen LogP contribution < -0.4 is 0 Å². The van der Waals surface area contributed by atoms with E-state index in [4.69, 9.17) is 4.74 Å². The molecule has 1 fully saturated rings. The predicted molar refractivity (Wildman–Crippen MR) is 84.8 cm³/mol. The fraction of sp³-hybridized carbons (Fsp3) is 0.615. The largest absolute Gasteiger partial charge is 0.459 e. The lowest BCUT2D eigenvalue weighted by Crippen LogP contribution is -2.43. The van der Waals surface area contributed by atoms with E-state index in [2.05, 4.69) is 15.9 Å². The van der Waals surface area contributed by atoms with Gasteiger partial charge in [0.2, 0.25) is 0 Å². The third kappa shape index (κ3) is 3.85. The number of carbonyl (C=O) groups is 1. The van der Waals surface area contributed by atoms with Gasteiger partial charge in [-0.3, -0.25) is 4.79 Å². The first-order valence-electron chi connectivity index (χ1n) is 6.61. The average Bonchev–Trinajstić information content (AvgIpc) is 2.94. The number of hydrogen-bond donors (Lipinski definition) is 0. The SMILES string of the molecule is CC(C)(C)OC(=O)[C@@H]1CCCN1S(=O)(=O)c1ccc(Br)s1.